The highest BCUT2D eigenvalue weighted by atomic mass is 32.2. The maximum absolute atomic E-state index is 13.5. The Kier molecular flexibility index (Phi) is 5.73. The van der Waals surface area contributed by atoms with Crippen LogP contribution in [0.15, 0.2) is 87.5 Å². The van der Waals surface area contributed by atoms with Crippen molar-refractivity contribution in [1.82, 2.24) is 0 Å². The number of halogens is 1. The summed E-state index contributed by atoms with van der Waals surface area (Å²) in [5.74, 6) is 0.0562. The molecule has 1 atom stereocenters. The second-order valence-corrected chi connectivity index (χ2v) is 9.26. The summed E-state index contributed by atoms with van der Waals surface area (Å²) in [4.78, 5) is -0.342. The first-order valence-electron chi connectivity index (χ1n) is 9.06. The summed E-state index contributed by atoms with van der Waals surface area (Å²) in [6, 6.07) is 20.0. The van der Waals surface area contributed by atoms with Crippen molar-refractivity contribution in [1.29, 1.82) is 0 Å². The quantitative estimate of drug-likeness (QED) is 0.441. The Morgan fingerprint density at radius 1 is 1.00 bits per heavy atom. The molecule has 4 rings (SSSR count). The molecule has 31 heavy (non-hydrogen) atoms. The van der Waals surface area contributed by atoms with E-state index in [0.717, 1.165) is 46.1 Å². The zero-order chi connectivity index (χ0) is 22.0. The van der Waals surface area contributed by atoms with Crippen LogP contribution in [0.1, 0.15) is 5.56 Å². The van der Waals surface area contributed by atoms with E-state index < -0.39 is 26.8 Å². The molecule has 9 heteroatoms. The molecule has 0 radical (unpaired) electrons. The molecule has 0 spiro atoms. The molecule has 0 aliphatic heterocycles. The number of fused-ring (bicyclic) bond motifs is 1. The van der Waals surface area contributed by atoms with E-state index in [2.05, 4.69) is 4.72 Å². The summed E-state index contributed by atoms with van der Waals surface area (Å²) in [7, 11) is -5.91. The molecule has 0 fully saturated rings. The second kappa shape index (κ2) is 8.46. The van der Waals surface area contributed by atoms with Gasteiger partial charge in [0.1, 0.15) is 33.0 Å². The average Bonchev–Trinajstić information content (AvgIpc) is 3.16. The number of primary sulfonamides is 1. The molecule has 1 aromatic heterocycles. The molecule has 0 aliphatic rings. The molecule has 3 N–H and O–H groups in total. The van der Waals surface area contributed by atoms with E-state index in [1.54, 1.807) is 6.08 Å². The molecule has 1 heterocycles. The summed E-state index contributed by atoms with van der Waals surface area (Å²) in [6.45, 7) is 0. The lowest BCUT2D eigenvalue weighted by Crippen LogP contribution is -2.15. The van der Waals surface area contributed by atoms with Crippen LogP contribution in [0.2, 0.25) is 0 Å². The van der Waals surface area contributed by atoms with Crippen LogP contribution in [0.3, 0.4) is 0 Å². The zero-order valence-corrected chi connectivity index (χ0v) is 17.6. The van der Waals surface area contributed by atoms with E-state index in [4.69, 9.17) is 9.56 Å². The number of para-hydroxylation sites is 1. The Morgan fingerprint density at radius 3 is 2.45 bits per heavy atom. The highest BCUT2D eigenvalue weighted by Crippen LogP contribution is 2.28. The molecule has 158 valence electrons. The van der Waals surface area contributed by atoms with Crippen molar-refractivity contribution in [3.05, 3.63) is 89.6 Å². The minimum Gasteiger partial charge on any atom is -0.456 e. The number of hydrogen-bond acceptors (Lipinski definition) is 4. The van der Waals surface area contributed by atoms with Crippen LogP contribution >= 0.6 is 0 Å². The summed E-state index contributed by atoms with van der Waals surface area (Å²) >= 11 is 0. The number of hydrogen-bond donors (Lipinski definition) is 2. The largest absolute Gasteiger partial charge is 0.456 e. The standard InChI is InChI=1S/C22H17FN2O4S2/c23-18-9-10-22(31(24,27)28)19(14-18)25-30(26)12-11-15-5-7-16(8-6-15)21-13-17-3-1-2-4-20(17)29-21/h1-14,25H,(H2,24,27,28)/b12-11+. The summed E-state index contributed by atoms with van der Waals surface area (Å²) in [5.41, 5.74) is 2.29. The molecule has 0 saturated carbocycles. The first-order valence-corrected chi connectivity index (χ1v) is 11.8. The van der Waals surface area contributed by atoms with Gasteiger partial charge in [0.15, 0.2) is 0 Å². The molecular weight excluding hydrogens is 439 g/mol. The lowest BCUT2D eigenvalue weighted by Gasteiger charge is -2.08. The molecular formula is C22H17FN2O4S2. The number of nitrogens with two attached hydrogens (primary N) is 1. The highest BCUT2D eigenvalue weighted by molar-refractivity contribution is 7.90. The van der Waals surface area contributed by atoms with Crippen LogP contribution in [0.25, 0.3) is 28.4 Å². The number of anilines is 1. The van der Waals surface area contributed by atoms with Gasteiger partial charge in [-0.15, -0.1) is 0 Å². The minimum absolute atomic E-state index is 0.175. The monoisotopic (exact) mass is 456 g/mol. The summed E-state index contributed by atoms with van der Waals surface area (Å²) in [5, 5.41) is 7.46. The summed E-state index contributed by atoms with van der Waals surface area (Å²) in [6.07, 6.45) is 1.60. The Labute approximate surface area is 180 Å². The van der Waals surface area contributed by atoms with Gasteiger partial charge in [0.2, 0.25) is 10.0 Å². The van der Waals surface area contributed by atoms with Crippen LogP contribution in [0, 0.1) is 5.82 Å². The van der Waals surface area contributed by atoms with Crippen LogP contribution in [0.4, 0.5) is 10.1 Å². The highest BCUT2D eigenvalue weighted by Gasteiger charge is 2.15. The third kappa shape index (κ3) is 4.91. The van der Waals surface area contributed by atoms with E-state index in [9.17, 15) is 17.0 Å². The Bertz CT molecular complexity index is 1380. The molecule has 6 nitrogen and oxygen atoms in total. The smallest absolute Gasteiger partial charge is 0.240 e. The van der Waals surface area contributed by atoms with E-state index in [1.807, 2.05) is 54.6 Å². The van der Waals surface area contributed by atoms with Gasteiger partial charge in [0, 0.05) is 16.4 Å². The van der Waals surface area contributed by atoms with E-state index in [1.165, 1.54) is 5.41 Å². The third-order valence-corrected chi connectivity index (χ3v) is 6.24. The van der Waals surface area contributed by atoms with Crippen molar-refractivity contribution >= 4 is 43.7 Å². The summed E-state index contributed by atoms with van der Waals surface area (Å²) < 4.78 is 57.3. The minimum atomic E-state index is -4.10. The van der Waals surface area contributed by atoms with Crippen molar-refractivity contribution in [3.63, 3.8) is 0 Å². The Balaban J connectivity index is 1.49. The third-order valence-electron chi connectivity index (χ3n) is 4.46. The molecule has 0 bridgehead atoms. The van der Waals surface area contributed by atoms with Crippen LogP contribution < -0.4 is 9.86 Å². The van der Waals surface area contributed by atoms with Crippen LogP contribution in [-0.2, 0) is 21.0 Å². The SMILES string of the molecule is NS(=O)(=O)c1ccc(F)cc1NS(=O)/C=C/c1ccc(-c2cc3ccccc3o2)cc1. The second-order valence-electron chi connectivity index (χ2n) is 6.66. The maximum atomic E-state index is 13.5. The molecule has 0 amide bonds. The number of nitrogens with one attached hydrogen (secondary N) is 1. The zero-order valence-electron chi connectivity index (χ0n) is 16.0. The van der Waals surface area contributed by atoms with Gasteiger partial charge in [0.05, 0.1) is 5.69 Å². The normalized spacial score (nSPS) is 13.0. The molecule has 3 aromatic carbocycles. The Hall–Kier alpha value is -3.27. The first-order chi connectivity index (χ1) is 14.8. The van der Waals surface area contributed by atoms with E-state index in [-0.39, 0.29) is 10.6 Å². The van der Waals surface area contributed by atoms with Gasteiger partial charge in [-0.3, -0.25) is 0 Å². The van der Waals surface area contributed by atoms with Gasteiger partial charge in [-0.25, -0.2) is 22.2 Å². The van der Waals surface area contributed by atoms with Gasteiger partial charge < -0.3 is 9.14 Å². The van der Waals surface area contributed by atoms with Crippen molar-refractivity contribution < 1.29 is 21.4 Å². The topological polar surface area (TPSA) is 102 Å². The van der Waals surface area contributed by atoms with Gasteiger partial charge in [-0.05, 0) is 42.0 Å². The number of furan rings is 1. The van der Waals surface area contributed by atoms with Crippen molar-refractivity contribution in [2.45, 2.75) is 4.90 Å². The fourth-order valence-corrected chi connectivity index (χ4v) is 4.47. The lowest BCUT2D eigenvalue weighted by atomic mass is 10.1. The first kappa shape index (κ1) is 21.0. The lowest BCUT2D eigenvalue weighted by molar-refractivity contribution is 0.597. The van der Waals surface area contributed by atoms with Crippen molar-refractivity contribution in [3.8, 4) is 11.3 Å². The average molecular weight is 457 g/mol. The van der Waals surface area contributed by atoms with E-state index >= 15 is 0 Å². The van der Waals surface area contributed by atoms with E-state index in [0.29, 0.717) is 0 Å². The molecule has 4 aromatic rings. The van der Waals surface area contributed by atoms with Gasteiger partial charge in [-0.2, -0.15) is 0 Å². The van der Waals surface area contributed by atoms with Crippen molar-refractivity contribution in [2.24, 2.45) is 5.14 Å². The van der Waals surface area contributed by atoms with Gasteiger partial charge in [0.25, 0.3) is 0 Å². The molecule has 0 saturated heterocycles. The van der Waals surface area contributed by atoms with Crippen LogP contribution in [0.5, 0.6) is 0 Å². The van der Waals surface area contributed by atoms with Crippen molar-refractivity contribution in [2.75, 3.05) is 4.72 Å². The number of rotatable bonds is 6. The number of benzene rings is 3. The van der Waals surface area contributed by atoms with Gasteiger partial charge >= 0.3 is 0 Å². The predicted molar refractivity (Wildman–Crippen MR) is 120 cm³/mol. The van der Waals surface area contributed by atoms with Gasteiger partial charge in [-0.1, -0.05) is 42.5 Å². The maximum Gasteiger partial charge on any atom is 0.240 e. The predicted octanol–water partition coefficient (Wildman–Crippen LogP) is 4.63. The Morgan fingerprint density at radius 2 is 1.74 bits per heavy atom. The molecule has 1 unspecified atom stereocenters. The fourth-order valence-electron chi connectivity index (χ4n) is 3.00. The molecule has 0 aliphatic carbocycles. The number of sulfonamides is 1. The van der Waals surface area contributed by atoms with Crippen LogP contribution in [-0.4, -0.2) is 12.6 Å². The fraction of sp³-hybridized carbons (Fsp3) is 0.